The first-order chi connectivity index (χ1) is 31.1. The molecule has 2 unspecified atom stereocenters. The minimum Gasteiger partial charge on any atom is -0.477 e. The fourth-order valence-electron chi connectivity index (χ4n) is 6.56. The van der Waals surface area contributed by atoms with Crippen LogP contribution >= 0.6 is 0 Å². The minimum absolute atomic E-state index is 0.0330. The molecule has 0 aromatic heterocycles. The van der Waals surface area contributed by atoms with Crippen LogP contribution in [0.2, 0.25) is 0 Å². The highest BCUT2D eigenvalue weighted by Gasteiger charge is 2.31. The third-order valence-corrected chi connectivity index (χ3v) is 10.3. The topological polar surface area (TPSA) is 99.1 Å². The van der Waals surface area contributed by atoms with Gasteiger partial charge in [-0.3, -0.25) is 9.59 Å². The van der Waals surface area contributed by atoms with E-state index in [2.05, 4.69) is 62.5 Å². The van der Waals surface area contributed by atoms with Gasteiger partial charge in [-0.15, -0.1) is 0 Å². The highest BCUT2D eigenvalue weighted by Crippen LogP contribution is 2.14. The zero-order valence-corrected chi connectivity index (χ0v) is 40.9. The van der Waals surface area contributed by atoms with Crippen LogP contribution in [0, 0.1) is 0 Å². The van der Waals surface area contributed by atoms with Gasteiger partial charge in [-0.25, -0.2) is 4.79 Å². The first kappa shape index (κ1) is 59.7. The van der Waals surface area contributed by atoms with Crippen LogP contribution in [-0.4, -0.2) is 80.6 Å². The van der Waals surface area contributed by atoms with Gasteiger partial charge in [-0.2, -0.15) is 0 Å². The number of quaternary nitrogens is 1. The maximum atomic E-state index is 12.8. The van der Waals surface area contributed by atoms with Crippen molar-refractivity contribution in [3.63, 3.8) is 0 Å². The van der Waals surface area contributed by atoms with Gasteiger partial charge in [0, 0.05) is 19.3 Å². The molecule has 0 fully saturated rings. The lowest BCUT2D eigenvalue weighted by Gasteiger charge is -2.31. The zero-order chi connectivity index (χ0) is 47.0. The monoisotopic (exact) mass is 889 g/mol. The molecule has 0 amide bonds. The molecule has 0 aromatic carbocycles. The smallest absolute Gasteiger partial charge is 0.362 e. The van der Waals surface area contributed by atoms with E-state index in [1.807, 2.05) is 94.1 Å². The summed E-state index contributed by atoms with van der Waals surface area (Å²) in [7, 11) is 5.50. The quantitative estimate of drug-likeness (QED) is 0.0214. The van der Waals surface area contributed by atoms with Gasteiger partial charge in [-0.1, -0.05) is 200 Å². The summed E-state index contributed by atoms with van der Waals surface area (Å²) >= 11 is 0. The van der Waals surface area contributed by atoms with Gasteiger partial charge in [-0.05, 0) is 64.2 Å². The maximum Gasteiger partial charge on any atom is 0.362 e. The normalized spacial score (nSPS) is 14.0. The zero-order valence-electron chi connectivity index (χ0n) is 40.9. The van der Waals surface area contributed by atoms with Crippen LogP contribution in [0.15, 0.2) is 122 Å². The molecule has 0 aromatic rings. The van der Waals surface area contributed by atoms with Crippen LogP contribution in [0.25, 0.3) is 0 Å². The van der Waals surface area contributed by atoms with Crippen LogP contribution in [0.5, 0.6) is 0 Å². The molecule has 360 valence electrons. The molecule has 0 heterocycles. The Bertz CT molecular complexity index is 1450. The number of unbranched alkanes of at least 4 members (excludes halogenated alkanes) is 14. The molecule has 0 aliphatic carbocycles. The lowest BCUT2D eigenvalue weighted by Crippen LogP contribution is -2.50. The van der Waals surface area contributed by atoms with Crippen molar-refractivity contribution in [1.82, 2.24) is 0 Å². The van der Waals surface area contributed by atoms with Crippen molar-refractivity contribution < 1.29 is 38.2 Å². The average Bonchev–Trinajstić information content (AvgIpc) is 3.26. The van der Waals surface area contributed by atoms with Crippen molar-refractivity contribution in [3.8, 4) is 0 Å². The first-order valence-corrected chi connectivity index (χ1v) is 24.7. The number of ether oxygens (including phenoxy) is 3. The molecule has 0 bridgehead atoms. The van der Waals surface area contributed by atoms with E-state index in [9.17, 15) is 19.5 Å². The number of nitrogens with zero attached hydrogens (tertiary/aromatic N) is 1. The maximum absolute atomic E-state index is 12.8. The molecule has 0 rings (SSSR count). The number of likely N-dealkylation sites (N-methyl/N-ethyl adjacent to an activating group) is 1. The van der Waals surface area contributed by atoms with Crippen LogP contribution < -0.4 is 0 Å². The average molecular weight is 889 g/mol. The number of aliphatic carboxylic acids is 1. The summed E-state index contributed by atoms with van der Waals surface area (Å²) in [5, 5.41) is 9.65. The number of carbonyl (C=O) groups is 3. The van der Waals surface area contributed by atoms with E-state index in [1.165, 1.54) is 57.8 Å². The summed E-state index contributed by atoms with van der Waals surface area (Å²) in [6.07, 6.45) is 63.9. The summed E-state index contributed by atoms with van der Waals surface area (Å²) in [4.78, 5) is 37.1. The largest absolute Gasteiger partial charge is 0.477 e. The predicted octanol–water partition coefficient (Wildman–Crippen LogP) is 14.2. The predicted molar refractivity (Wildman–Crippen MR) is 270 cm³/mol. The number of carbonyl (C=O) groups excluding carboxylic acids is 2. The summed E-state index contributed by atoms with van der Waals surface area (Å²) in [5.41, 5.74) is 0. The van der Waals surface area contributed by atoms with Crippen LogP contribution in [0.1, 0.15) is 162 Å². The third-order valence-electron chi connectivity index (χ3n) is 10.3. The second-order valence-corrected chi connectivity index (χ2v) is 17.1. The molecule has 1 N–H and O–H groups in total. The highest BCUT2D eigenvalue weighted by atomic mass is 16.6. The van der Waals surface area contributed by atoms with Gasteiger partial charge >= 0.3 is 17.9 Å². The fraction of sp³-hybridized carbons (Fsp3) is 0.589. The van der Waals surface area contributed by atoms with Gasteiger partial charge in [0.15, 0.2) is 12.1 Å². The van der Waals surface area contributed by atoms with Gasteiger partial charge in [0.05, 0.1) is 34.4 Å². The Kier molecular flexibility index (Phi) is 42.3. The molecule has 0 saturated carbocycles. The Morgan fingerprint density at radius 3 is 1.42 bits per heavy atom. The molecule has 0 aliphatic heterocycles. The van der Waals surface area contributed by atoms with E-state index >= 15 is 0 Å². The Morgan fingerprint density at radius 1 is 0.484 bits per heavy atom. The van der Waals surface area contributed by atoms with Crippen LogP contribution in [-0.2, 0) is 28.6 Å². The standard InChI is InChI=1S/C56H89NO7/c1-6-8-10-12-14-16-18-20-22-24-26-27-29-30-32-34-36-38-40-42-44-46-54(58)63-51-52(50-62-49-48-53(56(60)61)57(3,4)5)64-55(59)47-45-43-41-39-37-35-33-31-28-25-23-21-19-17-15-13-11-9-7-2/h8-11,13-17,19-23,25,28,31,33,35,37,52-53H,6-7,12,18,24,26-27,29-30,32,34,36,38-51H2,1-5H3/p+1/b10-8+,11-9+,15-13+,16-14+,19-17+,22-20+,23-21+,28-25+,33-31+,37-35+. The van der Waals surface area contributed by atoms with Crippen molar-refractivity contribution in [2.75, 3.05) is 41.0 Å². The Morgan fingerprint density at radius 2 is 0.906 bits per heavy atom. The molecule has 64 heavy (non-hydrogen) atoms. The summed E-state index contributed by atoms with van der Waals surface area (Å²) in [6.45, 7) is 4.41. The summed E-state index contributed by atoms with van der Waals surface area (Å²) < 4.78 is 17.3. The minimum atomic E-state index is -0.889. The van der Waals surface area contributed by atoms with Crippen LogP contribution in [0.3, 0.4) is 0 Å². The number of allylic oxidation sites excluding steroid dienone is 20. The first-order valence-electron chi connectivity index (χ1n) is 24.7. The number of hydrogen-bond acceptors (Lipinski definition) is 6. The number of carboxylic acids is 1. The van der Waals surface area contributed by atoms with Crippen molar-refractivity contribution in [2.45, 2.75) is 174 Å². The lowest BCUT2D eigenvalue weighted by atomic mass is 10.0. The molecule has 2 atom stereocenters. The van der Waals surface area contributed by atoms with Gasteiger partial charge in [0.25, 0.3) is 0 Å². The molecule has 0 spiro atoms. The fourth-order valence-corrected chi connectivity index (χ4v) is 6.56. The van der Waals surface area contributed by atoms with Crippen molar-refractivity contribution in [2.24, 2.45) is 0 Å². The van der Waals surface area contributed by atoms with E-state index in [0.29, 0.717) is 19.3 Å². The highest BCUT2D eigenvalue weighted by molar-refractivity contribution is 5.72. The van der Waals surface area contributed by atoms with E-state index in [0.717, 1.165) is 64.2 Å². The SMILES string of the molecule is CC/C=C/C=C/C=C/C=C/C=C/C=C/C=C/CCCCCC(=O)OC(COCCC(C(=O)O)[N+](C)(C)C)COC(=O)CCCCCCCCCCCCC/C=C/C/C=C/C/C=C/CC. The second-order valence-electron chi connectivity index (χ2n) is 17.1. The molecule has 0 saturated heterocycles. The molecular weight excluding hydrogens is 799 g/mol. The number of rotatable bonds is 42. The number of hydrogen-bond donors (Lipinski definition) is 1. The van der Waals surface area contributed by atoms with E-state index < -0.39 is 18.1 Å². The molecule has 8 nitrogen and oxygen atoms in total. The van der Waals surface area contributed by atoms with Crippen LogP contribution in [0.4, 0.5) is 0 Å². The van der Waals surface area contributed by atoms with Gasteiger partial charge < -0.3 is 23.8 Å². The lowest BCUT2D eigenvalue weighted by molar-refractivity contribution is -0.887. The summed E-state index contributed by atoms with van der Waals surface area (Å²) in [5.74, 6) is -1.55. The third kappa shape index (κ3) is 43.0. The number of carboxylic acid groups (broad SMARTS) is 1. The summed E-state index contributed by atoms with van der Waals surface area (Å²) in [6, 6.07) is -0.632. The Hall–Kier alpha value is -4.27. The molecular formula is C56H90NO7+. The van der Waals surface area contributed by atoms with E-state index in [4.69, 9.17) is 14.2 Å². The molecule has 8 heteroatoms. The van der Waals surface area contributed by atoms with Crippen molar-refractivity contribution >= 4 is 17.9 Å². The van der Waals surface area contributed by atoms with Crippen molar-refractivity contribution in [1.29, 1.82) is 0 Å². The number of esters is 2. The Balaban J connectivity index is 4.38. The van der Waals surface area contributed by atoms with Crippen molar-refractivity contribution in [3.05, 3.63) is 122 Å². The van der Waals surface area contributed by atoms with E-state index in [-0.39, 0.29) is 42.7 Å². The van der Waals surface area contributed by atoms with Gasteiger partial charge in [0.1, 0.15) is 6.61 Å². The molecule has 0 radical (unpaired) electrons. The van der Waals surface area contributed by atoms with E-state index in [1.54, 1.807) is 0 Å². The molecule has 0 aliphatic rings. The second kappa shape index (κ2) is 45.3. The Labute approximate surface area is 391 Å². The van der Waals surface area contributed by atoms with Gasteiger partial charge in [0.2, 0.25) is 0 Å².